The van der Waals surface area contributed by atoms with Crippen LogP contribution in [0.1, 0.15) is 20.8 Å². The molecule has 1 saturated heterocycles. The van der Waals surface area contributed by atoms with E-state index in [9.17, 15) is 9.59 Å². The summed E-state index contributed by atoms with van der Waals surface area (Å²) in [5.74, 6) is -0.136. The van der Waals surface area contributed by atoms with E-state index in [0.29, 0.717) is 19.0 Å². The van der Waals surface area contributed by atoms with Gasteiger partial charge < -0.3 is 9.47 Å². The zero-order valence-corrected chi connectivity index (χ0v) is 10.6. The molecule has 0 amide bonds. The Balaban J connectivity index is 2.56. The van der Waals surface area contributed by atoms with Crippen LogP contribution in [0.5, 0.6) is 0 Å². The fraction of sp³-hybridized carbons (Fsp3) is 0.800. The maximum absolute atomic E-state index is 11.6. The molecule has 1 N–H and O–H groups in total. The first-order valence-electron chi connectivity index (χ1n) is 5.29. The average Bonchev–Trinajstić information content (AvgIpc) is 2.63. The van der Waals surface area contributed by atoms with E-state index in [1.54, 1.807) is 20.8 Å². The highest BCUT2D eigenvalue weighted by atomic mass is 32.2. The van der Waals surface area contributed by atoms with E-state index in [1.807, 2.05) is 0 Å². The molecule has 92 valence electrons. The highest BCUT2D eigenvalue weighted by molar-refractivity contribution is 8.01. The zero-order valence-electron chi connectivity index (χ0n) is 9.74. The molecule has 0 spiro atoms. The van der Waals surface area contributed by atoms with Gasteiger partial charge in [0.2, 0.25) is 0 Å². The van der Waals surface area contributed by atoms with Crippen LogP contribution in [0.25, 0.3) is 0 Å². The van der Waals surface area contributed by atoms with E-state index in [-0.39, 0.29) is 11.9 Å². The molecule has 0 aromatic heterocycles. The van der Waals surface area contributed by atoms with Crippen molar-refractivity contribution in [2.75, 3.05) is 19.0 Å². The lowest BCUT2D eigenvalue weighted by Crippen LogP contribution is -2.49. The summed E-state index contributed by atoms with van der Waals surface area (Å²) in [6.45, 7) is 5.90. The van der Waals surface area contributed by atoms with Gasteiger partial charge in [0.1, 0.15) is 6.04 Å². The molecule has 2 atom stereocenters. The van der Waals surface area contributed by atoms with Crippen LogP contribution in [0.4, 0.5) is 0 Å². The molecule has 0 aromatic rings. The van der Waals surface area contributed by atoms with Crippen LogP contribution in [0.15, 0.2) is 0 Å². The first-order valence-corrected chi connectivity index (χ1v) is 6.27. The molecule has 1 aliphatic rings. The second-order valence-corrected chi connectivity index (χ2v) is 4.95. The zero-order chi connectivity index (χ0) is 12.2. The molecule has 1 heterocycles. The monoisotopic (exact) mass is 247 g/mol. The van der Waals surface area contributed by atoms with Crippen molar-refractivity contribution in [2.45, 2.75) is 31.7 Å². The van der Waals surface area contributed by atoms with Crippen molar-refractivity contribution in [2.24, 2.45) is 0 Å². The maximum atomic E-state index is 11.6. The standard InChI is InChI=1S/C10H17NO4S/c1-4-14-8(12)7-6-16-10(3,11-7)9(13)15-5-2/h7,11H,4-6H2,1-3H3/t7-,10+/m1/s1. The van der Waals surface area contributed by atoms with Crippen LogP contribution >= 0.6 is 11.8 Å². The molecular weight excluding hydrogens is 230 g/mol. The van der Waals surface area contributed by atoms with E-state index in [1.165, 1.54) is 11.8 Å². The summed E-state index contributed by atoms with van der Waals surface area (Å²) in [5.41, 5.74) is 0. The van der Waals surface area contributed by atoms with Crippen LogP contribution in [0, 0.1) is 0 Å². The summed E-state index contributed by atoms with van der Waals surface area (Å²) in [4.78, 5) is 22.3. The summed E-state index contributed by atoms with van der Waals surface area (Å²) in [7, 11) is 0. The van der Waals surface area contributed by atoms with Gasteiger partial charge in [0.15, 0.2) is 4.87 Å². The highest BCUT2D eigenvalue weighted by Gasteiger charge is 2.45. The maximum Gasteiger partial charge on any atom is 0.336 e. The summed E-state index contributed by atoms with van der Waals surface area (Å²) in [6.07, 6.45) is 0. The molecule has 0 aliphatic carbocycles. The van der Waals surface area contributed by atoms with Gasteiger partial charge in [-0.15, -0.1) is 11.8 Å². The third-order valence-electron chi connectivity index (χ3n) is 2.22. The Morgan fingerprint density at radius 2 is 2.00 bits per heavy atom. The quantitative estimate of drug-likeness (QED) is 0.731. The van der Waals surface area contributed by atoms with Crippen LogP contribution in [0.3, 0.4) is 0 Å². The lowest BCUT2D eigenvalue weighted by atomic mass is 10.2. The number of hydrogen-bond donors (Lipinski definition) is 1. The van der Waals surface area contributed by atoms with Crippen molar-refractivity contribution < 1.29 is 19.1 Å². The normalized spacial score (nSPS) is 28.8. The molecule has 0 unspecified atom stereocenters. The van der Waals surface area contributed by atoms with E-state index >= 15 is 0 Å². The summed E-state index contributed by atoms with van der Waals surface area (Å²) in [6, 6.07) is -0.431. The minimum absolute atomic E-state index is 0.317. The fourth-order valence-electron chi connectivity index (χ4n) is 1.42. The number of thioether (sulfide) groups is 1. The predicted octanol–water partition coefficient (Wildman–Crippen LogP) is 0.534. The highest BCUT2D eigenvalue weighted by Crippen LogP contribution is 2.31. The molecule has 0 bridgehead atoms. The molecule has 16 heavy (non-hydrogen) atoms. The Hall–Kier alpha value is -0.750. The molecule has 1 rings (SSSR count). The lowest BCUT2D eigenvalue weighted by molar-refractivity contribution is -0.148. The lowest BCUT2D eigenvalue weighted by Gasteiger charge is -2.21. The van der Waals surface area contributed by atoms with Gasteiger partial charge in [0, 0.05) is 5.75 Å². The first kappa shape index (κ1) is 13.3. The van der Waals surface area contributed by atoms with Gasteiger partial charge in [-0.25, -0.2) is 4.79 Å². The predicted molar refractivity (Wildman–Crippen MR) is 61.1 cm³/mol. The Labute approximate surface area is 99.2 Å². The minimum Gasteiger partial charge on any atom is -0.465 e. The summed E-state index contributed by atoms with van der Waals surface area (Å²) >= 11 is 1.37. The Kier molecular flexibility index (Phi) is 4.61. The van der Waals surface area contributed by atoms with Gasteiger partial charge in [-0.05, 0) is 20.8 Å². The Morgan fingerprint density at radius 3 is 2.56 bits per heavy atom. The van der Waals surface area contributed by atoms with Crippen molar-refractivity contribution in [1.29, 1.82) is 0 Å². The van der Waals surface area contributed by atoms with Crippen molar-refractivity contribution >= 4 is 23.7 Å². The minimum atomic E-state index is -0.840. The number of esters is 2. The molecule has 0 aromatic carbocycles. The number of carbonyl (C=O) groups is 2. The number of nitrogens with one attached hydrogen (secondary N) is 1. The Bertz CT molecular complexity index is 284. The van der Waals surface area contributed by atoms with Crippen LogP contribution < -0.4 is 5.32 Å². The average molecular weight is 247 g/mol. The summed E-state index contributed by atoms with van der Waals surface area (Å²) in [5, 5.41) is 2.95. The van der Waals surface area contributed by atoms with Crippen LogP contribution in [-0.2, 0) is 19.1 Å². The van der Waals surface area contributed by atoms with Gasteiger partial charge in [-0.1, -0.05) is 0 Å². The second kappa shape index (κ2) is 5.54. The van der Waals surface area contributed by atoms with Crippen molar-refractivity contribution in [3.63, 3.8) is 0 Å². The SMILES string of the molecule is CCOC(=O)[C@H]1CS[C@@](C)(C(=O)OCC)N1. The topological polar surface area (TPSA) is 64.6 Å². The van der Waals surface area contributed by atoms with Crippen LogP contribution in [0.2, 0.25) is 0 Å². The largest absolute Gasteiger partial charge is 0.465 e. The molecule has 1 fully saturated rings. The Morgan fingerprint density at radius 1 is 1.38 bits per heavy atom. The van der Waals surface area contributed by atoms with Gasteiger partial charge in [-0.2, -0.15) is 0 Å². The molecule has 0 radical (unpaired) electrons. The number of rotatable bonds is 4. The van der Waals surface area contributed by atoms with Gasteiger partial charge >= 0.3 is 11.9 Å². The van der Waals surface area contributed by atoms with Gasteiger partial charge in [0.05, 0.1) is 13.2 Å². The molecular formula is C10H17NO4S. The fourth-order valence-corrected chi connectivity index (χ4v) is 2.54. The summed E-state index contributed by atoms with van der Waals surface area (Å²) < 4.78 is 9.83. The van der Waals surface area contributed by atoms with Crippen molar-refractivity contribution in [3.05, 3.63) is 0 Å². The smallest absolute Gasteiger partial charge is 0.336 e. The molecule has 0 saturated carbocycles. The van der Waals surface area contributed by atoms with E-state index in [0.717, 1.165) is 0 Å². The van der Waals surface area contributed by atoms with Crippen molar-refractivity contribution in [1.82, 2.24) is 5.32 Å². The third kappa shape index (κ3) is 2.89. The van der Waals surface area contributed by atoms with E-state index in [4.69, 9.17) is 9.47 Å². The third-order valence-corrected chi connectivity index (χ3v) is 3.59. The molecule has 6 heteroatoms. The number of hydrogen-bond acceptors (Lipinski definition) is 6. The molecule has 1 aliphatic heterocycles. The van der Waals surface area contributed by atoms with E-state index in [2.05, 4.69) is 5.32 Å². The van der Waals surface area contributed by atoms with E-state index < -0.39 is 10.9 Å². The molecule has 5 nitrogen and oxygen atoms in total. The number of ether oxygens (including phenoxy) is 2. The van der Waals surface area contributed by atoms with Gasteiger partial charge in [0.25, 0.3) is 0 Å². The first-order chi connectivity index (χ1) is 7.53. The second-order valence-electron chi connectivity index (χ2n) is 3.51. The van der Waals surface area contributed by atoms with Crippen molar-refractivity contribution in [3.8, 4) is 0 Å². The number of carbonyl (C=O) groups excluding carboxylic acids is 2. The van der Waals surface area contributed by atoms with Crippen LogP contribution in [-0.4, -0.2) is 41.8 Å². The van der Waals surface area contributed by atoms with Gasteiger partial charge in [-0.3, -0.25) is 10.1 Å².